The van der Waals surface area contributed by atoms with E-state index >= 15 is 0 Å². The number of hydrogen-bond acceptors (Lipinski definition) is 3. The maximum atomic E-state index is 11.8. The lowest BCUT2D eigenvalue weighted by Crippen LogP contribution is -2.44. The molecule has 0 saturated heterocycles. The molecule has 4 N–H and O–H groups in total. The summed E-state index contributed by atoms with van der Waals surface area (Å²) in [6, 6.07) is -0.105. The van der Waals surface area contributed by atoms with Gasteiger partial charge in [0.1, 0.15) is 5.60 Å². The highest BCUT2D eigenvalue weighted by atomic mass is 127. The number of rotatable bonds is 7. The number of carbonyl (C=O) groups excluding carboxylic acids is 1. The molecule has 0 aromatic carbocycles. The van der Waals surface area contributed by atoms with Crippen LogP contribution in [0, 0.1) is 5.92 Å². The number of nitrogens with one attached hydrogen (secondary N) is 2. The standard InChI is InChI=1S/C15H32N4O2.HI/c1-7-8-9-17-13(16)18-10-12(11(2)3)19-14(20)21-15(4,5)6;/h11-12H,7-10H2,1-6H3,(H,19,20)(H3,16,17,18);1H. The number of amides is 1. The van der Waals surface area contributed by atoms with Gasteiger partial charge in [0.05, 0.1) is 12.6 Å². The molecule has 7 heteroatoms. The first kappa shape index (κ1) is 23.5. The fourth-order valence-electron chi connectivity index (χ4n) is 1.53. The second-order valence-electron chi connectivity index (χ2n) is 6.50. The number of aliphatic imine (C=N–C) groups is 1. The topological polar surface area (TPSA) is 88.7 Å². The molecule has 1 amide bonds. The van der Waals surface area contributed by atoms with Crippen LogP contribution in [0.4, 0.5) is 4.79 Å². The van der Waals surface area contributed by atoms with Crippen LogP contribution in [0.3, 0.4) is 0 Å². The van der Waals surface area contributed by atoms with Gasteiger partial charge in [-0.15, -0.1) is 24.0 Å². The number of nitrogens with zero attached hydrogens (tertiary/aromatic N) is 1. The average Bonchev–Trinajstić information content (AvgIpc) is 2.32. The Morgan fingerprint density at radius 3 is 2.36 bits per heavy atom. The summed E-state index contributed by atoms with van der Waals surface area (Å²) in [5.41, 5.74) is 5.29. The van der Waals surface area contributed by atoms with E-state index in [-0.39, 0.29) is 35.9 Å². The van der Waals surface area contributed by atoms with Crippen molar-refractivity contribution in [2.24, 2.45) is 16.6 Å². The highest BCUT2D eigenvalue weighted by Crippen LogP contribution is 2.08. The summed E-state index contributed by atoms with van der Waals surface area (Å²) in [5, 5.41) is 5.90. The van der Waals surface area contributed by atoms with E-state index in [1.54, 1.807) is 0 Å². The summed E-state index contributed by atoms with van der Waals surface area (Å²) < 4.78 is 5.26. The lowest BCUT2D eigenvalue weighted by molar-refractivity contribution is 0.0493. The van der Waals surface area contributed by atoms with E-state index in [0.717, 1.165) is 19.4 Å². The Bertz CT molecular complexity index is 341. The van der Waals surface area contributed by atoms with Crippen molar-refractivity contribution in [1.29, 1.82) is 0 Å². The molecule has 0 rings (SSSR count). The predicted octanol–water partition coefficient (Wildman–Crippen LogP) is 2.86. The van der Waals surface area contributed by atoms with E-state index in [1.165, 1.54) is 0 Å². The molecule has 1 atom stereocenters. The first-order chi connectivity index (χ1) is 9.65. The molecule has 0 aliphatic carbocycles. The largest absolute Gasteiger partial charge is 0.444 e. The summed E-state index contributed by atoms with van der Waals surface area (Å²) in [5.74, 6) is 0.657. The molecule has 132 valence electrons. The smallest absolute Gasteiger partial charge is 0.407 e. The molecule has 0 aliphatic rings. The van der Waals surface area contributed by atoms with Crippen molar-refractivity contribution in [2.45, 2.75) is 66.0 Å². The van der Waals surface area contributed by atoms with Crippen LogP contribution in [0.5, 0.6) is 0 Å². The molecule has 22 heavy (non-hydrogen) atoms. The van der Waals surface area contributed by atoms with Gasteiger partial charge >= 0.3 is 6.09 Å². The van der Waals surface area contributed by atoms with Gasteiger partial charge in [0.25, 0.3) is 0 Å². The average molecular weight is 428 g/mol. The lowest BCUT2D eigenvalue weighted by Gasteiger charge is -2.25. The van der Waals surface area contributed by atoms with Gasteiger partial charge in [-0.25, -0.2) is 4.79 Å². The molecule has 0 aliphatic heterocycles. The van der Waals surface area contributed by atoms with Crippen LogP contribution in [0.2, 0.25) is 0 Å². The Hall–Kier alpha value is -0.730. The number of nitrogens with two attached hydrogens (primary N) is 1. The number of ether oxygens (including phenoxy) is 1. The normalized spacial score (nSPS) is 13.3. The highest BCUT2D eigenvalue weighted by Gasteiger charge is 2.21. The molecular weight excluding hydrogens is 395 g/mol. The fraction of sp³-hybridized carbons (Fsp3) is 0.867. The number of unbranched alkanes of at least 4 members (excludes halogenated alkanes) is 1. The minimum absolute atomic E-state index is 0. The second kappa shape index (κ2) is 11.8. The fourth-order valence-corrected chi connectivity index (χ4v) is 1.53. The van der Waals surface area contributed by atoms with Gasteiger partial charge in [-0.1, -0.05) is 27.2 Å². The third kappa shape index (κ3) is 13.0. The number of carbonyl (C=O) groups is 1. The van der Waals surface area contributed by atoms with Gasteiger partial charge < -0.3 is 21.1 Å². The van der Waals surface area contributed by atoms with Crippen molar-refractivity contribution in [1.82, 2.24) is 10.6 Å². The van der Waals surface area contributed by atoms with Crippen LogP contribution < -0.4 is 16.4 Å². The van der Waals surface area contributed by atoms with Gasteiger partial charge in [-0.2, -0.15) is 0 Å². The van der Waals surface area contributed by atoms with E-state index in [9.17, 15) is 4.79 Å². The molecule has 0 aromatic heterocycles. The zero-order valence-electron chi connectivity index (χ0n) is 14.7. The van der Waals surface area contributed by atoms with Crippen LogP contribution in [0.15, 0.2) is 4.99 Å². The van der Waals surface area contributed by atoms with Crippen molar-refractivity contribution in [3.63, 3.8) is 0 Å². The molecular formula is C15H33IN4O2. The SMILES string of the molecule is CCCCNC(N)=NCC(NC(=O)OC(C)(C)C)C(C)C.I. The third-order valence-electron chi connectivity index (χ3n) is 2.80. The summed E-state index contributed by atoms with van der Waals surface area (Å²) in [7, 11) is 0. The van der Waals surface area contributed by atoms with Gasteiger partial charge in [0, 0.05) is 6.54 Å². The van der Waals surface area contributed by atoms with E-state index in [2.05, 4.69) is 22.5 Å². The lowest BCUT2D eigenvalue weighted by atomic mass is 10.1. The van der Waals surface area contributed by atoms with Gasteiger partial charge in [0.15, 0.2) is 5.96 Å². The Morgan fingerprint density at radius 2 is 1.91 bits per heavy atom. The number of halogens is 1. The molecule has 0 spiro atoms. The summed E-state index contributed by atoms with van der Waals surface area (Å²) >= 11 is 0. The Kier molecular flexibility index (Phi) is 12.6. The van der Waals surface area contributed by atoms with Gasteiger partial charge in [-0.05, 0) is 33.1 Å². The third-order valence-corrected chi connectivity index (χ3v) is 2.80. The number of guanidine groups is 1. The zero-order valence-corrected chi connectivity index (χ0v) is 17.1. The molecule has 0 bridgehead atoms. The summed E-state index contributed by atoms with van der Waals surface area (Å²) in [4.78, 5) is 16.1. The van der Waals surface area contributed by atoms with Crippen LogP contribution in [0.1, 0.15) is 54.4 Å². The van der Waals surface area contributed by atoms with Crippen LogP contribution >= 0.6 is 24.0 Å². The molecule has 1 unspecified atom stereocenters. The molecule has 0 aromatic rings. The number of hydrogen-bond donors (Lipinski definition) is 3. The quantitative estimate of drug-likeness (QED) is 0.252. The van der Waals surface area contributed by atoms with Crippen molar-refractivity contribution >= 4 is 36.0 Å². The van der Waals surface area contributed by atoms with E-state index in [1.807, 2.05) is 34.6 Å². The Balaban J connectivity index is 0. The van der Waals surface area contributed by atoms with Crippen molar-refractivity contribution in [2.75, 3.05) is 13.1 Å². The van der Waals surface area contributed by atoms with Crippen molar-refractivity contribution in [3.8, 4) is 0 Å². The van der Waals surface area contributed by atoms with Crippen molar-refractivity contribution in [3.05, 3.63) is 0 Å². The highest BCUT2D eigenvalue weighted by molar-refractivity contribution is 14.0. The van der Waals surface area contributed by atoms with Gasteiger partial charge in [-0.3, -0.25) is 4.99 Å². The molecule has 0 saturated carbocycles. The maximum absolute atomic E-state index is 11.8. The first-order valence-electron chi connectivity index (χ1n) is 7.69. The van der Waals surface area contributed by atoms with E-state index in [4.69, 9.17) is 10.5 Å². The van der Waals surface area contributed by atoms with Gasteiger partial charge in [0.2, 0.25) is 0 Å². The summed E-state index contributed by atoms with van der Waals surface area (Å²) in [6.45, 7) is 12.9. The minimum atomic E-state index is -0.504. The number of alkyl carbamates (subject to hydrolysis) is 1. The maximum Gasteiger partial charge on any atom is 0.407 e. The molecule has 0 heterocycles. The second-order valence-corrected chi connectivity index (χ2v) is 6.50. The first-order valence-corrected chi connectivity index (χ1v) is 7.69. The van der Waals surface area contributed by atoms with E-state index in [0.29, 0.717) is 12.5 Å². The minimum Gasteiger partial charge on any atom is -0.444 e. The van der Waals surface area contributed by atoms with Crippen LogP contribution in [-0.4, -0.2) is 36.8 Å². The molecule has 0 fully saturated rings. The predicted molar refractivity (Wildman–Crippen MR) is 103 cm³/mol. The molecule has 6 nitrogen and oxygen atoms in total. The Morgan fingerprint density at radius 1 is 1.32 bits per heavy atom. The Labute approximate surface area is 152 Å². The zero-order chi connectivity index (χ0) is 16.5. The van der Waals surface area contributed by atoms with Crippen LogP contribution in [0.25, 0.3) is 0 Å². The monoisotopic (exact) mass is 428 g/mol. The summed E-state index contributed by atoms with van der Waals surface area (Å²) in [6.07, 6.45) is 1.74. The van der Waals surface area contributed by atoms with Crippen LogP contribution in [-0.2, 0) is 4.74 Å². The van der Waals surface area contributed by atoms with E-state index < -0.39 is 11.7 Å². The molecule has 0 radical (unpaired) electrons. The van der Waals surface area contributed by atoms with Crippen molar-refractivity contribution < 1.29 is 9.53 Å².